The number of nitrogen functional groups attached to an aromatic ring is 1. The molecule has 3 rings (SSSR count). The fourth-order valence-electron chi connectivity index (χ4n) is 1.80. The predicted molar refractivity (Wildman–Crippen MR) is 97.9 cm³/mol. The lowest BCUT2D eigenvalue weighted by molar-refractivity contribution is -0.384. The molecule has 0 spiro atoms. The highest BCUT2D eigenvalue weighted by Gasteiger charge is 2.12. The molecule has 25 heavy (non-hydrogen) atoms. The average Bonchev–Trinajstić information content (AvgIpc) is 3.22. The summed E-state index contributed by atoms with van der Waals surface area (Å²) in [7, 11) is 0. The first-order valence-electron chi connectivity index (χ1n) is 6.73. The first-order chi connectivity index (χ1) is 12.0. The maximum atomic E-state index is 12.0. The molecule has 3 aromatic rings. The minimum Gasteiger partial charge on any atom is -0.374 e. The number of nitrogens with two attached hydrogens (primary N) is 1. The van der Waals surface area contributed by atoms with E-state index in [1.807, 2.05) is 0 Å². The lowest BCUT2D eigenvalue weighted by atomic mass is 10.1. The average molecular weight is 394 g/mol. The minimum atomic E-state index is -0.462. The van der Waals surface area contributed by atoms with Crippen LogP contribution in [0, 0.1) is 10.1 Å². The monoisotopic (exact) mass is 394 g/mol. The van der Waals surface area contributed by atoms with Gasteiger partial charge < -0.3 is 11.1 Å². The zero-order valence-electron chi connectivity index (χ0n) is 12.4. The number of hydrogen-bond donors (Lipinski definition) is 2. The predicted octanol–water partition coefficient (Wildman–Crippen LogP) is 2.88. The molecule has 9 nitrogen and oxygen atoms in total. The fraction of sp³-hybridized carbons (Fsp3) is 0.0769. The van der Waals surface area contributed by atoms with Crippen molar-refractivity contribution in [3.05, 3.63) is 39.8 Å². The van der Waals surface area contributed by atoms with Crippen LogP contribution in [-0.2, 0) is 4.79 Å². The van der Waals surface area contributed by atoms with Crippen LogP contribution in [0.2, 0.25) is 0 Å². The number of nitro groups is 1. The lowest BCUT2D eigenvalue weighted by Gasteiger charge is -2.00. The van der Waals surface area contributed by atoms with E-state index in [1.54, 1.807) is 17.5 Å². The van der Waals surface area contributed by atoms with E-state index in [9.17, 15) is 14.9 Å². The summed E-state index contributed by atoms with van der Waals surface area (Å²) in [5.74, 6) is -0.0842. The van der Waals surface area contributed by atoms with Gasteiger partial charge in [0.15, 0.2) is 9.47 Å². The van der Waals surface area contributed by atoms with E-state index in [0.717, 1.165) is 0 Å². The Kier molecular flexibility index (Phi) is 5.21. The number of nitro benzene ring substituents is 1. The molecule has 0 fully saturated rings. The molecule has 12 heteroatoms. The smallest absolute Gasteiger partial charge is 0.270 e. The summed E-state index contributed by atoms with van der Waals surface area (Å²) in [6, 6.07) is 6.17. The highest BCUT2D eigenvalue weighted by Crippen LogP contribution is 2.28. The summed E-state index contributed by atoms with van der Waals surface area (Å²) in [6.45, 7) is 0. The maximum Gasteiger partial charge on any atom is 0.270 e. The Bertz CT molecular complexity index is 925. The van der Waals surface area contributed by atoms with Crippen molar-refractivity contribution in [3.63, 3.8) is 0 Å². The number of carbonyl (C=O) groups is 1. The van der Waals surface area contributed by atoms with E-state index in [-0.39, 0.29) is 17.3 Å². The van der Waals surface area contributed by atoms with Crippen LogP contribution < -0.4 is 11.1 Å². The summed E-state index contributed by atoms with van der Waals surface area (Å²) in [6.07, 6.45) is 0. The number of amides is 1. The van der Waals surface area contributed by atoms with Crippen LogP contribution in [0.3, 0.4) is 0 Å². The van der Waals surface area contributed by atoms with Gasteiger partial charge in [0, 0.05) is 23.1 Å². The quantitative estimate of drug-likeness (QED) is 0.370. The van der Waals surface area contributed by atoms with E-state index in [0.29, 0.717) is 25.9 Å². The molecule has 1 aromatic carbocycles. The number of non-ortho nitro benzene ring substituents is 1. The van der Waals surface area contributed by atoms with Crippen molar-refractivity contribution >= 4 is 56.3 Å². The van der Waals surface area contributed by atoms with Crippen LogP contribution in [0.25, 0.3) is 11.3 Å². The lowest BCUT2D eigenvalue weighted by Crippen LogP contribution is -2.13. The molecule has 0 aliphatic rings. The Morgan fingerprint density at radius 1 is 1.40 bits per heavy atom. The van der Waals surface area contributed by atoms with E-state index in [1.165, 1.54) is 46.6 Å². The molecule has 0 aliphatic carbocycles. The Morgan fingerprint density at radius 2 is 2.24 bits per heavy atom. The highest BCUT2D eigenvalue weighted by molar-refractivity contribution is 8.01. The van der Waals surface area contributed by atoms with Crippen molar-refractivity contribution in [2.45, 2.75) is 4.34 Å². The van der Waals surface area contributed by atoms with Gasteiger partial charge in [-0.05, 0) is 0 Å². The summed E-state index contributed by atoms with van der Waals surface area (Å²) in [5, 5.41) is 23.5. The van der Waals surface area contributed by atoms with Crippen molar-refractivity contribution in [1.82, 2.24) is 15.2 Å². The number of hydrogen-bond acceptors (Lipinski definition) is 10. The number of aromatic nitrogens is 3. The van der Waals surface area contributed by atoms with Gasteiger partial charge in [-0.25, -0.2) is 4.98 Å². The number of carbonyl (C=O) groups excluding carboxylic acids is 1. The molecular weight excluding hydrogens is 384 g/mol. The molecule has 0 unspecified atom stereocenters. The van der Waals surface area contributed by atoms with Crippen molar-refractivity contribution in [2.24, 2.45) is 0 Å². The second kappa shape index (κ2) is 7.55. The second-order valence-electron chi connectivity index (χ2n) is 4.59. The number of nitrogens with one attached hydrogen (secondary N) is 1. The summed E-state index contributed by atoms with van der Waals surface area (Å²) in [5.41, 5.74) is 6.64. The molecule has 0 bridgehead atoms. The Morgan fingerprint density at radius 3 is 2.96 bits per heavy atom. The van der Waals surface area contributed by atoms with E-state index in [2.05, 4.69) is 20.5 Å². The van der Waals surface area contributed by atoms with Gasteiger partial charge >= 0.3 is 0 Å². The second-order valence-corrected chi connectivity index (χ2v) is 7.68. The largest absolute Gasteiger partial charge is 0.374 e. The molecule has 0 saturated carbocycles. The molecule has 3 N–H and O–H groups in total. The molecule has 0 saturated heterocycles. The van der Waals surface area contributed by atoms with Crippen LogP contribution in [0.4, 0.5) is 16.0 Å². The van der Waals surface area contributed by atoms with Gasteiger partial charge in [0.25, 0.3) is 5.69 Å². The third-order valence-electron chi connectivity index (χ3n) is 2.85. The summed E-state index contributed by atoms with van der Waals surface area (Å²) >= 11 is 3.69. The van der Waals surface area contributed by atoms with Gasteiger partial charge in [0.2, 0.25) is 11.0 Å². The highest BCUT2D eigenvalue weighted by atomic mass is 32.2. The Labute approximate surface area is 153 Å². The van der Waals surface area contributed by atoms with Crippen LogP contribution in [0.5, 0.6) is 0 Å². The first kappa shape index (κ1) is 17.3. The molecule has 0 aliphatic heterocycles. The standard InChI is InChI=1S/C13H10N6O3S3/c14-11-17-18-13(25-11)24-6-10(20)16-12-15-9(5-23-12)7-2-1-3-8(4-7)19(21)22/h1-5H,6H2,(H2,14,17)(H,15,16,20). The number of anilines is 2. The summed E-state index contributed by atoms with van der Waals surface area (Å²) in [4.78, 5) is 26.6. The fourth-order valence-corrected chi connectivity index (χ4v) is 3.98. The van der Waals surface area contributed by atoms with Gasteiger partial charge in [-0.3, -0.25) is 14.9 Å². The Balaban J connectivity index is 1.62. The number of rotatable bonds is 6. The van der Waals surface area contributed by atoms with Crippen molar-refractivity contribution < 1.29 is 9.72 Å². The molecule has 1 amide bonds. The van der Waals surface area contributed by atoms with E-state index in [4.69, 9.17) is 5.73 Å². The molecule has 128 valence electrons. The summed E-state index contributed by atoms with van der Waals surface area (Å²) < 4.78 is 0.615. The van der Waals surface area contributed by atoms with Crippen molar-refractivity contribution in [2.75, 3.05) is 16.8 Å². The number of benzene rings is 1. The molecule has 2 aromatic heterocycles. The van der Waals surface area contributed by atoms with Crippen molar-refractivity contribution in [3.8, 4) is 11.3 Å². The van der Waals surface area contributed by atoms with Crippen LogP contribution in [0.1, 0.15) is 0 Å². The minimum absolute atomic E-state index is 0.0104. The SMILES string of the molecule is Nc1nnc(SCC(=O)Nc2nc(-c3cccc([N+](=O)[O-])c3)cs2)s1. The maximum absolute atomic E-state index is 12.0. The topological polar surface area (TPSA) is 137 Å². The van der Waals surface area contributed by atoms with Crippen LogP contribution >= 0.6 is 34.4 Å². The van der Waals surface area contributed by atoms with Crippen LogP contribution in [-0.4, -0.2) is 31.8 Å². The van der Waals surface area contributed by atoms with Gasteiger partial charge in [-0.2, -0.15) is 0 Å². The van der Waals surface area contributed by atoms with Crippen LogP contribution in [0.15, 0.2) is 34.0 Å². The normalized spacial score (nSPS) is 10.6. The van der Waals surface area contributed by atoms with Gasteiger partial charge in [0.1, 0.15) is 0 Å². The number of thioether (sulfide) groups is 1. The molecule has 2 heterocycles. The van der Waals surface area contributed by atoms with E-state index < -0.39 is 4.92 Å². The Hall–Kier alpha value is -2.57. The van der Waals surface area contributed by atoms with E-state index >= 15 is 0 Å². The third kappa shape index (κ3) is 4.49. The third-order valence-corrected chi connectivity index (χ3v) is 5.50. The van der Waals surface area contributed by atoms with Gasteiger partial charge in [-0.1, -0.05) is 35.2 Å². The van der Waals surface area contributed by atoms with Crippen molar-refractivity contribution in [1.29, 1.82) is 0 Å². The molecular formula is C13H10N6O3S3. The van der Waals surface area contributed by atoms with Gasteiger partial charge in [0.05, 0.1) is 16.4 Å². The first-order valence-corrected chi connectivity index (χ1v) is 9.41. The zero-order valence-corrected chi connectivity index (χ0v) is 14.9. The van der Waals surface area contributed by atoms with Gasteiger partial charge in [-0.15, -0.1) is 21.5 Å². The zero-order chi connectivity index (χ0) is 17.8. The number of thiazole rings is 1. The molecule has 0 radical (unpaired) electrons. The molecule has 0 atom stereocenters. The number of nitrogens with zero attached hydrogens (tertiary/aromatic N) is 4.